The smallest absolute Gasteiger partial charge is 0.294 e. The highest BCUT2D eigenvalue weighted by Crippen LogP contribution is 2.44. The summed E-state index contributed by atoms with van der Waals surface area (Å²) in [5, 5.41) is 10.9. The number of furan rings is 1. The molecule has 8 nitrogen and oxygen atoms in total. The lowest BCUT2D eigenvalue weighted by Gasteiger charge is -2.28. The van der Waals surface area contributed by atoms with Crippen LogP contribution in [0, 0.1) is 12.8 Å². The van der Waals surface area contributed by atoms with Crippen LogP contribution < -0.4 is 9.64 Å². The second-order valence-corrected chi connectivity index (χ2v) is 9.06. The molecule has 0 aliphatic carbocycles. The van der Waals surface area contributed by atoms with Crippen molar-refractivity contribution in [1.82, 2.24) is 4.98 Å². The van der Waals surface area contributed by atoms with Gasteiger partial charge in [-0.15, -0.1) is 0 Å². The highest BCUT2D eigenvalue weighted by Gasteiger charge is 2.45. The molecule has 1 unspecified atom stereocenters. The lowest BCUT2D eigenvalue weighted by atomic mass is 9.92. The summed E-state index contributed by atoms with van der Waals surface area (Å²) in [7, 11) is 1.57. The number of aryl methyl sites for hydroxylation is 1. The van der Waals surface area contributed by atoms with E-state index in [0.717, 1.165) is 11.3 Å². The molecule has 1 amide bonds. The zero-order valence-corrected chi connectivity index (χ0v) is 20.9. The number of ether oxygens (including phenoxy) is 2. The zero-order chi connectivity index (χ0) is 25.8. The predicted octanol–water partition coefficient (Wildman–Crippen LogP) is 5.19. The summed E-state index contributed by atoms with van der Waals surface area (Å²) >= 11 is 0. The molecule has 1 aliphatic heterocycles. The van der Waals surface area contributed by atoms with Crippen molar-refractivity contribution in [1.29, 1.82) is 0 Å². The molecule has 0 bridgehead atoms. The summed E-state index contributed by atoms with van der Waals surface area (Å²) in [5.41, 5.74) is 1.91. The number of aromatic nitrogens is 1. The molecular weight excluding hydrogens is 460 g/mol. The van der Waals surface area contributed by atoms with Gasteiger partial charge in [-0.25, -0.2) is 4.98 Å². The van der Waals surface area contributed by atoms with Crippen LogP contribution in [-0.2, 0) is 14.3 Å². The number of aliphatic hydroxyl groups excluding tert-OH is 1. The van der Waals surface area contributed by atoms with Crippen LogP contribution in [0.5, 0.6) is 5.88 Å². The molecule has 188 valence electrons. The maximum absolute atomic E-state index is 13.4. The van der Waals surface area contributed by atoms with Crippen LogP contribution in [0.2, 0.25) is 0 Å². The van der Waals surface area contributed by atoms with Crippen LogP contribution in [0.25, 0.3) is 11.3 Å². The number of carbonyl (C=O) groups is 2. The van der Waals surface area contributed by atoms with Crippen molar-refractivity contribution in [2.75, 3.05) is 25.2 Å². The van der Waals surface area contributed by atoms with Crippen molar-refractivity contribution in [2.45, 2.75) is 33.2 Å². The van der Waals surface area contributed by atoms with E-state index in [1.54, 1.807) is 37.6 Å². The highest BCUT2D eigenvalue weighted by molar-refractivity contribution is 6.16. The van der Waals surface area contributed by atoms with E-state index in [4.69, 9.17) is 13.9 Å². The molecule has 0 fully saturated rings. The molecule has 1 aromatic carbocycles. The molecule has 3 aromatic rings. The van der Waals surface area contributed by atoms with Crippen molar-refractivity contribution in [3.05, 3.63) is 77.4 Å². The quantitative estimate of drug-likeness (QED) is 0.390. The topological polar surface area (TPSA) is 102 Å². The summed E-state index contributed by atoms with van der Waals surface area (Å²) in [6.45, 7) is 6.28. The van der Waals surface area contributed by atoms with Crippen LogP contribution >= 0.6 is 0 Å². The first-order chi connectivity index (χ1) is 17.3. The molecule has 8 heteroatoms. The largest absolute Gasteiger partial charge is 0.503 e. The third-order valence-electron chi connectivity index (χ3n) is 5.89. The van der Waals surface area contributed by atoms with Crippen molar-refractivity contribution in [3.63, 3.8) is 0 Å². The van der Waals surface area contributed by atoms with E-state index in [-0.39, 0.29) is 36.2 Å². The van der Waals surface area contributed by atoms with Gasteiger partial charge < -0.3 is 19.0 Å². The van der Waals surface area contributed by atoms with Gasteiger partial charge in [0, 0.05) is 36.5 Å². The second kappa shape index (κ2) is 10.8. The SMILES string of the molecule is COCCOc1ncccc1C1C(C(=O)CC(C)C)=C(O)C(=O)N1c1ccc(-c2ccc(C)o2)cc1. The number of carbonyl (C=O) groups excluding carboxylic acids is 2. The summed E-state index contributed by atoms with van der Waals surface area (Å²) in [6.07, 6.45) is 1.76. The van der Waals surface area contributed by atoms with Gasteiger partial charge in [0.15, 0.2) is 11.5 Å². The van der Waals surface area contributed by atoms with Gasteiger partial charge in [-0.1, -0.05) is 13.8 Å². The lowest BCUT2D eigenvalue weighted by molar-refractivity contribution is -0.118. The number of methoxy groups -OCH3 is 1. The van der Waals surface area contributed by atoms with Gasteiger partial charge >= 0.3 is 0 Å². The number of benzene rings is 1. The van der Waals surface area contributed by atoms with E-state index in [9.17, 15) is 14.7 Å². The van der Waals surface area contributed by atoms with Gasteiger partial charge in [0.05, 0.1) is 12.2 Å². The van der Waals surface area contributed by atoms with E-state index >= 15 is 0 Å². The Morgan fingerprint density at radius 2 is 1.89 bits per heavy atom. The zero-order valence-electron chi connectivity index (χ0n) is 20.9. The minimum atomic E-state index is -0.897. The van der Waals surface area contributed by atoms with Gasteiger partial charge in [-0.2, -0.15) is 0 Å². The average Bonchev–Trinajstić information content (AvgIpc) is 3.40. The third kappa shape index (κ3) is 5.04. The molecule has 1 aliphatic rings. The minimum Gasteiger partial charge on any atom is -0.503 e. The Kier molecular flexibility index (Phi) is 7.55. The monoisotopic (exact) mass is 490 g/mol. The first-order valence-corrected chi connectivity index (χ1v) is 11.8. The maximum Gasteiger partial charge on any atom is 0.294 e. The number of hydrogen-bond donors (Lipinski definition) is 1. The average molecular weight is 491 g/mol. The summed E-state index contributed by atoms with van der Waals surface area (Å²) < 4.78 is 16.6. The van der Waals surface area contributed by atoms with Crippen molar-refractivity contribution in [2.24, 2.45) is 5.92 Å². The minimum absolute atomic E-state index is 0.0454. The molecule has 1 N–H and O–H groups in total. The van der Waals surface area contributed by atoms with Crippen LogP contribution in [-0.4, -0.2) is 42.1 Å². The Balaban J connectivity index is 1.78. The molecule has 2 aromatic heterocycles. The molecule has 0 saturated heterocycles. The fourth-order valence-corrected chi connectivity index (χ4v) is 4.26. The molecule has 4 rings (SSSR count). The normalized spacial score (nSPS) is 15.8. The number of pyridine rings is 1. The van der Waals surface area contributed by atoms with Gasteiger partial charge in [-0.05, 0) is 61.4 Å². The molecule has 0 saturated carbocycles. The molecule has 3 heterocycles. The van der Waals surface area contributed by atoms with Gasteiger partial charge in [-0.3, -0.25) is 14.5 Å². The van der Waals surface area contributed by atoms with Crippen molar-refractivity contribution >= 4 is 17.4 Å². The fourth-order valence-electron chi connectivity index (χ4n) is 4.26. The summed E-state index contributed by atoms with van der Waals surface area (Å²) in [5.74, 6) is 0.317. The maximum atomic E-state index is 13.4. The van der Waals surface area contributed by atoms with Crippen LogP contribution in [0.15, 0.2) is 70.5 Å². The number of amides is 1. The Labute approximate surface area is 210 Å². The van der Waals surface area contributed by atoms with Crippen LogP contribution in [0.4, 0.5) is 5.69 Å². The number of anilines is 1. The van der Waals surface area contributed by atoms with Crippen molar-refractivity contribution < 1.29 is 28.6 Å². The van der Waals surface area contributed by atoms with Gasteiger partial charge in [0.1, 0.15) is 24.2 Å². The second-order valence-electron chi connectivity index (χ2n) is 9.06. The highest BCUT2D eigenvalue weighted by atomic mass is 16.5. The lowest BCUT2D eigenvalue weighted by Crippen LogP contribution is -2.31. The molecule has 1 atom stereocenters. The van der Waals surface area contributed by atoms with E-state index < -0.39 is 17.7 Å². The summed E-state index contributed by atoms with van der Waals surface area (Å²) in [6, 6.07) is 13.5. The van der Waals surface area contributed by atoms with E-state index in [2.05, 4.69) is 4.98 Å². The molecule has 0 radical (unpaired) electrons. The molecule has 36 heavy (non-hydrogen) atoms. The van der Waals surface area contributed by atoms with Gasteiger partial charge in [0.25, 0.3) is 5.91 Å². The first-order valence-electron chi connectivity index (χ1n) is 11.8. The Morgan fingerprint density at radius 3 is 2.53 bits per heavy atom. The number of aliphatic hydroxyl groups is 1. The number of ketones is 1. The van der Waals surface area contributed by atoms with Crippen LogP contribution in [0.1, 0.15) is 37.6 Å². The number of nitrogens with zero attached hydrogens (tertiary/aromatic N) is 2. The third-order valence-corrected chi connectivity index (χ3v) is 5.89. The first kappa shape index (κ1) is 25.2. The summed E-state index contributed by atoms with van der Waals surface area (Å²) in [4.78, 5) is 32.4. The van der Waals surface area contributed by atoms with Gasteiger partial charge in [0.2, 0.25) is 5.88 Å². The van der Waals surface area contributed by atoms with Crippen LogP contribution in [0.3, 0.4) is 0 Å². The standard InChI is InChI=1S/C28H30N2O6/c1-17(2)16-22(31)24-25(21-6-5-13-29-27(21)35-15-14-34-4)30(28(33)26(24)32)20-10-8-19(9-11-20)23-12-7-18(3)36-23/h5-13,17,25,32H,14-16H2,1-4H3. The van der Waals surface area contributed by atoms with E-state index in [1.165, 1.54) is 4.90 Å². The number of rotatable bonds is 10. The Hall–Kier alpha value is -3.91. The van der Waals surface area contributed by atoms with Crippen molar-refractivity contribution in [3.8, 4) is 17.2 Å². The molecular formula is C28H30N2O6. The number of hydrogen-bond acceptors (Lipinski definition) is 7. The fraction of sp³-hybridized carbons (Fsp3) is 0.321. The molecule has 0 spiro atoms. The van der Waals surface area contributed by atoms with E-state index in [1.807, 2.05) is 45.0 Å². The Morgan fingerprint density at radius 1 is 1.14 bits per heavy atom. The number of Topliss-reactive ketones (excluding diaryl/α,β-unsaturated/α-hetero) is 1. The van der Waals surface area contributed by atoms with E-state index in [0.29, 0.717) is 23.6 Å². The predicted molar refractivity (Wildman–Crippen MR) is 135 cm³/mol. The Bertz CT molecular complexity index is 1280.